The quantitative estimate of drug-likeness (QED) is 0.654. The maximum Gasteiger partial charge on any atom is 0.236 e. The first kappa shape index (κ1) is 12.0. The van der Waals surface area contributed by atoms with Gasteiger partial charge in [0.1, 0.15) is 0 Å². The van der Waals surface area contributed by atoms with Crippen LogP contribution < -0.4 is 10.6 Å². The molecule has 0 aromatic carbocycles. The van der Waals surface area contributed by atoms with Crippen molar-refractivity contribution in [3.63, 3.8) is 0 Å². The van der Waals surface area contributed by atoms with Gasteiger partial charge >= 0.3 is 0 Å². The van der Waals surface area contributed by atoms with Gasteiger partial charge in [-0.1, -0.05) is 13.8 Å². The molecule has 5 nitrogen and oxygen atoms in total. The molecule has 0 saturated carbocycles. The zero-order valence-electron chi connectivity index (χ0n) is 9.38. The van der Waals surface area contributed by atoms with E-state index < -0.39 is 0 Å². The van der Waals surface area contributed by atoms with Crippen LogP contribution in [0.2, 0.25) is 0 Å². The van der Waals surface area contributed by atoms with Gasteiger partial charge in [-0.25, -0.2) is 0 Å². The molecule has 0 aromatic heterocycles. The normalized spacial score (nSPS) is 17.5. The Morgan fingerprint density at radius 2 is 2.27 bits per heavy atom. The molecule has 1 aliphatic rings. The van der Waals surface area contributed by atoms with Crippen LogP contribution in [0.25, 0.3) is 0 Å². The predicted octanol–water partition coefficient (Wildman–Crippen LogP) is -0.667. The van der Waals surface area contributed by atoms with Crippen LogP contribution in [0.5, 0.6) is 0 Å². The summed E-state index contributed by atoms with van der Waals surface area (Å²) in [7, 11) is 0. The summed E-state index contributed by atoms with van der Waals surface area (Å²) in [5, 5.41) is 5.82. The smallest absolute Gasteiger partial charge is 0.236 e. The molecule has 0 spiro atoms. The van der Waals surface area contributed by atoms with E-state index in [9.17, 15) is 9.59 Å². The van der Waals surface area contributed by atoms with Gasteiger partial charge in [-0.2, -0.15) is 0 Å². The second-order valence-electron chi connectivity index (χ2n) is 4.02. The SMILES string of the molecule is CC(C)NCC(=O)N1CCNC(=O)CC1. The van der Waals surface area contributed by atoms with Gasteiger partial charge in [-0.3, -0.25) is 9.59 Å². The van der Waals surface area contributed by atoms with Crippen LogP contribution in [0.15, 0.2) is 0 Å². The zero-order chi connectivity index (χ0) is 11.3. The Morgan fingerprint density at radius 3 is 2.93 bits per heavy atom. The van der Waals surface area contributed by atoms with E-state index in [1.165, 1.54) is 0 Å². The van der Waals surface area contributed by atoms with Crippen LogP contribution in [0, 0.1) is 0 Å². The molecular weight excluding hydrogens is 194 g/mol. The molecule has 0 atom stereocenters. The van der Waals surface area contributed by atoms with Crippen molar-refractivity contribution in [1.29, 1.82) is 0 Å². The lowest BCUT2D eigenvalue weighted by molar-refractivity contribution is -0.130. The Labute approximate surface area is 90.2 Å². The fourth-order valence-corrected chi connectivity index (χ4v) is 1.42. The average Bonchev–Trinajstić information content (AvgIpc) is 2.39. The molecule has 1 rings (SSSR count). The summed E-state index contributed by atoms with van der Waals surface area (Å²) in [5.41, 5.74) is 0. The molecule has 1 aliphatic heterocycles. The Kier molecular flexibility index (Phi) is 4.55. The minimum Gasteiger partial charge on any atom is -0.354 e. The highest BCUT2D eigenvalue weighted by Crippen LogP contribution is 1.96. The topological polar surface area (TPSA) is 61.4 Å². The van der Waals surface area contributed by atoms with Gasteiger partial charge in [-0.15, -0.1) is 0 Å². The highest BCUT2D eigenvalue weighted by atomic mass is 16.2. The summed E-state index contributed by atoms with van der Waals surface area (Å²) in [6.07, 6.45) is 0.410. The fourth-order valence-electron chi connectivity index (χ4n) is 1.42. The van der Waals surface area contributed by atoms with Gasteiger partial charge in [0.15, 0.2) is 0 Å². The van der Waals surface area contributed by atoms with E-state index in [0.717, 1.165) is 0 Å². The van der Waals surface area contributed by atoms with Crippen molar-refractivity contribution < 1.29 is 9.59 Å². The molecule has 2 N–H and O–H groups in total. The van der Waals surface area contributed by atoms with Crippen molar-refractivity contribution in [3.8, 4) is 0 Å². The molecule has 0 aromatic rings. The lowest BCUT2D eigenvalue weighted by Crippen LogP contribution is -2.41. The Morgan fingerprint density at radius 1 is 1.53 bits per heavy atom. The summed E-state index contributed by atoms with van der Waals surface area (Å²) < 4.78 is 0. The van der Waals surface area contributed by atoms with Crippen LogP contribution in [-0.2, 0) is 9.59 Å². The van der Waals surface area contributed by atoms with E-state index in [1.807, 2.05) is 13.8 Å². The number of hydrogen-bond donors (Lipinski definition) is 2. The molecule has 1 saturated heterocycles. The van der Waals surface area contributed by atoms with E-state index >= 15 is 0 Å². The van der Waals surface area contributed by atoms with Gasteiger partial charge < -0.3 is 15.5 Å². The van der Waals surface area contributed by atoms with Crippen molar-refractivity contribution in [1.82, 2.24) is 15.5 Å². The first-order valence-corrected chi connectivity index (χ1v) is 5.37. The van der Waals surface area contributed by atoms with Crippen LogP contribution in [0.3, 0.4) is 0 Å². The number of carbonyl (C=O) groups excluding carboxylic acids is 2. The van der Waals surface area contributed by atoms with Gasteiger partial charge in [0.2, 0.25) is 11.8 Å². The number of hydrogen-bond acceptors (Lipinski definition) is 3. The number of nitrogens with zero attached hydrogens (tertiary/aromatic N) is 1. The van der Waals surface area contributed by atoms with Crippen molar-refractivity contribution in [2.45, 2.75) is 26.3 Å². The van der Waals surface area contributed by atoms with E-state index in [2.05, 4.69) is 10.6 Å². The highest BCUT2D eigenvalue weighted by molar-refractivity contribution is 5.81. The Bertz CT molecular complexity index is 241. The third-order valence-corrected chi connectivity index (χ3v) is 2.33. The highest BCUT2D eigenvalue weighted by Gasteiger charge is 2.17. The Hall–Kier alpha value is -1.10. The van der Waals surface area contributed by atoms with Crippen LogP contribution in [0.1, 0.15) is 20.3 Å². The molecule has 1 heterocycles. The third kappa shape index (κ3) is 4.29. The minimum atomic E-state index is 0.0297. The van der Waals surface area contributed by atoms with E-state index in [4.69, 9.17) is 0 Å². The second kappa shape index (κ2) is 5.70. The summed E-state index contributed by atoms with van der Waals surface area (Å²) in [6, 6.07) is 0.306. The molecule has 86 valence electrons. The maximum atomic E-state index is 11.7. The lowest BCUT2D eigenvalue weighted by Gasteiger charge is -2.20. The number of carbonyl (C=O) groups is 2. The van der Waals surface area contributed by atoms with Gasteiger partial charge in [0, 0.05) is 32.1 Å². The summed E-state index contributed by atoms with van der Waals surface area (Å²) in [4.78, 5) is 24.5. The first-order chi connectivity index (χ1) is 7.09. The van der Waals surface area contributed by atoms with Crippen molar-refractivity contribution in [3.05, 3.63) is 0 Å². The zero-order valence-corrected chi connectivity index (χ0v) is 9.38. The van der Waals surface area contributed by atoms with Gasteiger partial charge in [0.05, 0.1) is 6.54 Å². The summed E-state index contributed by atoms with van der Waals surface area (Å²) in [5.74, 6) is 0.0994. The van der Waals surface area contributed by atoms with Gasteiger partial charge in [0.25, 0.3) is 0 Å². The number of rotatable bonds is 3. The molecule has 1 fully saturated rings. The third-order valence-electron chi connectivity index (χ3n) is 2.33. The molecule has 0 radical (unpaired) electrons. The monoisotopic (exact) mass is 213 g/mol. The minimum absolute atomic E-state index is 0.0297. The summed E-state index contributed by atoms with van der Waals surface area (Å²) in [6.45, 7) is 6.06. The lowest BCUT2D eigenvalue weighted by atomic mass is 10.3. The molecule has 15 heavy (non-hydrogen) atoms. The van der Waals surface area contributed by atoms with Crippen LogP contribution >= 0.6 is 0 Å². The van der Waals surface area contributed by atoms with Crippen LogP contribution in [-0.4, -0.2) is 48.9 Å². The Balaban J connectivity index is 2.35. The van der Waals surface area contributed by atoms with Crippen LogP contribution in [0.4, 0.5) is 0 Å². The van der Waals surface area contributed by atoms with E-state index in [1.54, 1.807) is 4.90 Å². The first-order valence-electron chi connectivity index (χ1n) is 5.37. The van der Waals surface area contributed by atoms with E-state index in [0.29, 0.717) is 38.6 Å². The van der Waals surface area contributed by atoms with Crippen molar-refractivity contribution in [2.75, 3.05) is 26.2 Å². The summed E-state index contributed by atoms with van der Waals surface area (Å²) >= 11 is 0. The standard InChI is InChI=1S/C10H19N3O2/c1-8(2)12-7-10(15)13-5-3-9(14)11-4-6-13/h8,12H,3-7H2,1-2H3,(H,11,14). The average molecular weight is 213 g/mol. The predicted molar refractivity (Wildman–Crippen MR) is 57.3 cm³/mol. The molecule has 2 amide bonds. The molecule has 5 heteroatoms. The van der Waals surface area contributed by atoms with Gasteiger partial charge in [-0.05, 0) is 0 Å². The number of nitrogens with one attached hydrogen (secondary N) is 2. The second-order valence-corrected chi connectivity index (χ2v) is 4.02. The van der Waals surface area contributed by atoms with E-state index in [-0.39, 0.29) is 11.8 Å². The molecular formula is C10H19N3O2. The molecule has 0 bridgehead atoms. The van der Waals surface area contributed by atoms with Crippen molar-refractivity contribution in [2.24, 2.45) is 0 Å². The molecule has 0 aliphatic carbocycles. The molecule has 0 unspecified atom stereocenters. The fraction of sp³-hybridized carbons (Fsp3) is 0.800. The largest absolute Gasteiger partial charge is 0.354 e. The maximum absolute atomic E-state index is 11.7. The van der Waals surface area contributed by atoms with Crippen molar-refractivity contribution >= 4 is 11.8 Å². The number of amides is 2.